The van der Waals surface area contributed by atoms with Crippen molar-refractivity contribution in [1.29, 1.82) is 0 Å². The smallest absolute Gasteiger partial charge is 0.263 e. The van der Waals surface area contributed by atoms with Gasteiger partial charge in [0.2, 0.25) is 0 Å². The number of ether oxygens (including phenoxy) is 2. The van der Waals surface area contributed by atoms with Crippen LogP contribution in [0.4, 0.5) is 0 Å². The van der Waals surface area contributed by atoms with E-state index < -0.39 is 0 Å². The molecule has 4 aromatic rings. The first kappa shape index (κ1) is 23.0. The summed E-state index contributed by atoms with van der Waals surface area (Å²) in [6.07, 6.45) is 4.99. The lowest BCUT2D eigenvalue weighted by Gasteiger charge is -2.14. The van der Waals surface area contributed by atoms with Gasteiger partial charge >= 0.3 is 0 Å². The number of rotatable bonds is 8. The SMILES string of the molecule is COc1ccc(CCn2c(SCc3cc(C)no3)nc3sc4c(c3c2=O)CCCC4)cc1OC. The number of aromatic nitrogens is 3. The highest BCUT2D eigenvalue weighted by atomic mass is 32.2. The van der Waals surface area contributed by atoms with E-state index in [1.54, 1.807) is 25.6 Å². The Morgan fingerprint density at radius 3 is 2.74 bits per heavy atom. The van der Waals surface area contributed by atoms with Crippen molar-refractivity contribution in [1.82, 2.24) is 14.7 Å². The molecule has 0 amide bonds. The Bertz CT molecular complexity index is 1390. The molecule has 0 unspecified atom stereocenters. The zero-order valence-corrected chi connectivity index (χ0v) is 21.2. The van der Waals surface area contributed by atoms with Gasteiger partial charge in [0.1, 0.15) is 10.6 Å². The summed E-state index contributed by atoms with van der Waals surface area (Å²) in [5.41, 5.74) is 3.18. The van der Waals surface area contributed by atoms with E-state index in [-0.39, 0.29) is 5.56 Å². The molecule has 0 saturated heterocycles. The van der Waals surface area contributed by atoms with Crippen molar-refractivity contribution in [2.24, 2.45) is 0 Å². The standard InChI is InChI=1S/C25H27N3O4S2/c1-15-12-17(32-27-15)14-33-25-26-23-22(18-6-4-5-7-21(18)34-23)24(29)28(25)11-10-16-8-9-19(30-2)20(13-16)31-3/h8-9,12-13H,4-7,10-11,14H2,1-3H3. The largest absolute Gasteiger partial charge is 0.493 e. The van der Waals surface area contributed by atoms with Crippen molar-refractivity contribution < 1.29 is 14.0 Å². The van der Waals surface area contributed by atoms with Crippen molar-refractivity contribution >= 4 is 33.3 Å². The molecule has 0 atom stereocenters. The first-order valence-electron chi connectivity index (χ1n) is 11.4. The maximum atomic E-state index is 13.8. The van der Waals surface area contributed by atoms with Crippen LogP contribution in [-0.4, -0.2) is 28.9 Å². The minimum absolute atomic E-state index is 0.0566. The molecular formula is C25H27N3O4S2. The fourth-order valence-electron chi connectivity index (χ4n) is 4.42. The number of hydrogen-bond acceptors (Lipinski definition) is 8. The van der Waals surface area contributed by atoms with E-state index in [0.29, 0.717) is 35.4 Å². The summed E-state index contributed by atoms with van der Waals surface area (Å²) < 4.78 is 18.0. The Morgan fingerprint density at radius 1 is 1.15 bits per heavy atom. The van der Waals surface area contributed by atoms with Crippen molar-refractivity contribution in [3.8, 4) is 11.5 Å². The number of fused-ring (bicyclic) bond motifs is 3. The van der Waals surface area contributed by atoms with Crippen LogP contribution in [0.3, 0.4) is 0 Å². The predicted octanol–water partition coefficient (Wildman–Crippen LogP) is 5.19. The summed E-state index contributed by atoms with van der Waals surface area (Å²) >= 11 is 3.20. The van der Waals surface area contributed by atoms with Gasteiger partial charge in [-0.1, -0.05) is 23.0 Å². The molecule has 1 aliphatic rings. The summed E-state index contributed by atoms with van der Waals surface area (Å²) in [7, 11) is 3.25. The summed E-state index contributed by atoms with van der Waals surface area (Å²) in [5.74, 6) is 2.71. The maximum absolute atomic E-state index is 13.8. The third kappa shape index (κ3) is 4.46. The van der Waals surface area contributed by atoms with Gasteiger partial charge in [-0.2, -0.15) is 0 Å². The van der Waals surface area contributed by atoms with Crippen LogP contribution in [0.5, 0.6) is 11.5 Å². The van der Waals surface area contributed by atoms with Crippen LogP contribution in [-0.2, 0) is 31.6 Å². The topological polar surface area (TPSA) is 79.4 Å². The van der Waals surface area contributed by atoms with E-state index in [0.717, 1.165) is 46.5 Å². The number of aryl methyl sites for hydroxylation is 4. The first-order chi connectivity index (χ1) is 16.6. The van der Waals surface area contributed by atoms with Gasteiger partial charge in [-0.15, -0.1) is 11.3 Å². The molecule has 0 aliphatic heterocycles. The minimum Gasteiger partial charge on any atom is -0.493 e. The van der Waals surface area contributed by atoms with Gasteiger partial charge in [0.25, 0.3) is 5.56 Å². The number of hydrogen-bond donors (Lipinski definition) is 0. The van der Waals surface area contributed by atoms with Gasteiger partial charge in [-0.3, -0.25) is 9.36 Å². The molecule has 178 valence electrons. The van der Waals surface area contributed by atoms with E-state index in [1.165, 1.54) is 28.6 Å². The highest BCUT2D eigenvalue weighted by Gasteiger charge is 2.22. The zero-order valence-electron chi connectivity index (χ0n) is 19.6. The van der Waals surface area contributed by atoms with Gasteiger partial charge in [0.05, 0.1) is 31.1 Å². The Labute approximate surface area is 206 Å². The first-order valence-corrected chi connectivity index (χ1v) is 13.2. The highest BCUT2D eigenvalue weighted by Crippen LogP contribution is 2.35. The molecule has 0 radical (unpaired) electrons. The molecule has 34 heavy (non-hydrogen) atoms. The Hall–Kier alpha value is -2.78. The second-order valence-electron chi connectivity index (χ2n) is 8.40. The van der Waals surface area contributed by atoms with E-state index >= 15 is 0 Å². The fraction of sp³-hybridized carbons (Fsp3) is 0.400. The number of thioether (sulfide) groups is 1. The van der Waals surface area contributed by atoms with Gasteiger partial charge < -0.3 is 14.0 Å². The van der Waals surface area contributed by atoms with Crippen LogP contribution in [0.2, 0.25) is 0 Å². The van der Waals surface area contributed by atoms with Crippen molar-refractivity contribution in [2.75, 3.05) is 14.2 Å². The summed E-state index contributed by atoms with van der Waals surface area (Å²) in [4.78, 5) is 20.9. The van der Waals surface area contributed by atoms with E-state index in [4.69, 9.17) is 19.0 Å². The molecule has 0 bridgehead atoms. The lowest BCUT2D eigenvalue weighted by atomic mass is 9.97. The molecule has 9 heteroatoms. The molecule has 0 fully saturated rings. The average molecular weight is 498 g/mol. The molecule has 0 spiro atoms. The molecule has 7 nitrogen and oxygen atoms in total. The molecular weight excluding hydrogens is 470 g/mol. The molecule has 3 aromatic heterocycles. The zero-order chi connectivity index (χ0) is 23.7. The second kappa shape index (κ2) is 9.84. The van der Waals surface area contributed by atoms with Crippen LogP contribution in [0, 0.1) is 6.92 Å². The van der Waals surface area contributed by atoms with E-state index in [2.05, 4.69) is 5.16 Å². The maximum Gasteiger partial charge on any atom is 0.263 e. The monoisotopic (exact) mass is 497 g/mol. The van der Waals surface area contributed by atoms with E-state index in [1.807, 2.05) is 35.8 Å². The van der Waals surface area contributed by atoms with Crippen LogP contribution >= 0.6 is 23.1 Å². The van der Waals surface area contributed by atoms with Crippen molar-refractivity contribution in [3.63, 3.8) is 0 Å². The number of nitrogens with zero attached hydrogens (tertiary/aromatic N) is 3. The van der Waals surface area contributed by atoms with Crippen molar-refractivity contribution in [3.05, 3.63) is 62.1 Å². The quantitative estimate of drug-likeness (QED) is 0.245. The molecule has 1 aromatic carbocycles. The van der Waals surface area contributed by atoms with Gasteiger partial charge in [-0.25, -0.2) is 4.98 Å². The molecule has 0 N–H and O–H groups in total. The fourth-order valence-corrected chi connectivity index (χ4v) is 6.63. The Morgan fingerprint density at radius 2 is 1.97 bits per heavy atom. The molecule has 0 saturated carbocycles. The Balaban J connectivity index is 1.50. The summed E-state index contributed by atoms with van der Waals surface area (Å²) in [6, 6.07) is 7.79. The number of methoxy groups -OCH3 is 2. The van der Waals surface area contributed by atoms with Crippen LogP contribution < -0.4 is 15.0 Å². The number of benzene rings is 1. The molecule has 3 heterocycles. The summed E-state index contributed by atoms with van der Waals surface area (Å²) in [5, 5.41) is 5.50. The normalized spacial score (nSPS) is 13.3. The van der Waals surface area contributed by atoms with Crippen LogP contribution in [0.15, 0.2) is 38.7 Å². The molecule has 5 rings (SSSR count). The second-order valence-corrected chi connectivity index (χ2v) is 10.4. The van der Waals surface area contributed by atoms with Crippen LogP contribution in [0.25, 0.3) is 10.2 Å². The van der Waals surface area contributed by atoms with Crippen molar-refractivity contribution in [2.45, 2.75) is 56.5 Å². The van der Waals surface area contributed by atoms with Gasteiger partial charge in [0.15, 0.2) is 16.7 Å². The molecule has 1 aliphatic carbocycles. The predicted molar refractivity (Wildman–Crippen MR) is 135 cm³/mol. The Kier molecular flexibility index (Phi) is 6.65. The van der Waals surface area contributed by atoms with E-state index in [9.17, 15) is 4.79 Å². The van der Waals surface area contributed by atoms with Crippen LogP contribution in [0.1, 0.15) is 40.3 Å². The lowest BCUT2D eigenvalue weighted by molar-refractivity contribution is 0.354. The lowest BCUT2D eigenvalue weighted by Crippen LogP contribution is -2.24. The number of thiophene rings is 1. The highest BCUT2D eigenvalue weighted by molar-refractivity contribution is 7.98. The third-order valence-electron chi connectivity index (χ3n) is 6.13. The van der Waals surface area contributed by atoms with Gasteiger partial charge in [0, 0.05) is 17.5 Å². The minimum atomic E-state index is 0.0566. The van der Waals surface area contributed by atoms with Gasteiger partial charge in [-0.05, 0) is 62.3 Å². The summed E-state index contributed by atoms with van der Waals surface area (Å²) in [6.45, 7) is 2.43. The third-order valence-corrected chi connectivity index (χ3v) is 8.32. The average Bonchev–Trinajstić information content (AvgIpc) is 3.44.